The molecule has 0 heterocycles. The van der Waals surface area contributed by atoms with Crippen LogP contribution in [0.15, 0.2) is 0 Å². The predicted molar refractivity (Wildman–Crippen MR) is 116 cm³/mol. The molecule has 0 aliphatic carbocycles. The number of hydrogen-bond acceptors (Lipinski definition) is 1. The fourth-order valence-corrected chi connectivity index (χ4v) is 2.56. The predicted octanol–water partition coefficient (Wildman–Crippen LogP) is 5.11. The van der Waals surface area contributed by atoms with Crippen molar-refractivity contribution in [3.8, 4) is 46.6 Å². The van der Waals surface area contributed by atoms with Crippen molar-refractivity contribution in [2.45, 2.75) is 77.8 Å². The Bertz CT molecular complexity index is 623. The maximum Gasteiger partial charge on any atom is 0.139 e. The molecule has 0 fully saturated rings. The second kappa shape index (κ2) is 9.36. The van der Waals surface area contributed by atoms with Gasteiger partial charge in [0.1, 0.15) is 29.4 Å². The molecule has 0 saturated carbocycles. The van der Waals surface area contributed by atoms with Crippen LogP contribution in [0.5, 0.6) is 0 Å². The molecule has 1 nitrogen and oxygen atoms in total. The van der Waals surface area contributed by atoms with Crippen molar-refractivity contribution in [2.75, 3.05) is 13.2 Å². The van der Waals surface area contributed by atoms with Gasteiger partial charge in [0.2, 0.25) is 0 Å². The summed E-state index contributed by atoms with van der Waals surface area (Å²) >= 11 is 0. The fraction of sp³-hybridized carbons (Fsp3) is 0.636. The highest BCUT2D eigenvalue weighted by atomic mass is 28.3. The third kappa shape index (κ3) is 9.05. The lowest BCUT2D eigenvalue weighted by Crippen LogP contribution is -2.35. The molecule has 0 unspecified atom stereocenters. The van der Waals surface area contributed by atoms with Gasteiger partial charge in [-0.15, -0.1) is 11.1 Å². The number of ether oxygens (including phenoxy) is 1. The van der Waals surface area contributed by atoms with Gasteiger partial charge in [0.25, 0.3) is 0 Å². The molecule has 0 aliphatic rings. The molecule has 0 radical (unpaired) electrons. The van der Waals surface area contributed by atoms with Crippen LogP contribution in [-0.2, 0) is 4.74 Å². The van der Waals surface area contributed by atoms with Gasteiger partial charge >= 0.3 is 0 Å². The van der Waals surface area contributed by atoms with Crippen LogP contribution in [0.2, 0.25) is 36.3 Å². The first-order valence-electron chi connectivity index (χ1n) is 8.78. The lowest BCUT2D eigenvalue weighted by Gasteiger charge is -2.31. The molecule has 0 aromatic carbocycles. The zero-order chi connectivity index (χ0) is 19.8. The van der Waals surface area contributed by atoms with Crippen molar-refractivity contribution in [1.82, 2.24) is 0 Å². The summed E-state index contributed by atoms with van der Waals surface area (Å²) in [7, 11) is -3.13. The van der Waals surface area contributed by atoms with Crippen molar-refractivity contribution in [3.05, 3.63) is 0 Å². The van der Waals surface area contributed by atoms with Crippen LogP contribution in [0, 0.1) is 46.6 Å². The van der Waals surface area contributed by atoms with E-state index in [2.05, 4.69) is 114 Å². The van der Waals surface area contributed by atoms with Crippen LogP contribution in [0.3, 0.4) is 0 Å². The summed E-state index contributed by atoms with van der Waals surface area (Å²) in [5.41, 5.74) is 6.72. The standard InChI is InChI=1S/C22H34OSi2/c1-21(2,3)24(7,8)19-15-11-13-17-23-18-14-12-16-20-25(9,10)22(4,5)6/h17-18H2,1-10H3. The number of rotatable bonds is 2. The fourth-order valence-electron chi connectivity index (χ4n) is 1.06. The van der Waals surface area contributed by atoms with E-state index in [9.17, 15) is 0 Å². The van der Waals surface area contributed by atoms with E-state index in [4.69, 9.17) is 4.74 Å². The Balaban J connectivity index is 4.36. The summed E-state index contributed by atoms with van der Waals surface area (Å²) in [6, 6.07) is 0. The zero-order valence-corrected chi connectivity index (χ0v) is 19.8. The van der Waals surface area contributed by atoms with E-state index in [1.807, 2.05) is 0 Å². The summed E-state index contributed by atoms with van der Waals surface area (Å²) in [6.07, 6.45) is 0. The van der Waals surface area contributed by atoms with Gasteiger partial charge in [-0.3, -0.25) is 0 Å². The van der Waals surface area contributed by atoms with Crippen LogP contribution >= 0.6 is 0 Å². The minimum Gasteiger partial charge on any atom is -0.356 e. The van der Waals surface area contributed by atoms with E-state index in [0.717, 1.165) is 0 Å². The van der Waals surface area contributed by atoms with Crippen LogP contribution in [0.1, 0.15) is 41.5 Å². The third-order valence-corrected chi connectivity index (χ3v) is 14.2. The second-order valence-corrected chi connectivity index (χ2v) is 19.3. The summed E-state index contributed by atoms with van der Waals surface area (Å²) in [4.78, 5) is 0. The molecule has 0 spiro atoms. The molecular formula is C22H34OSi2. The summed E-state index contributed by atoms with van der Waals surface area (Å²) in [5, 5.41) is 0.526. The average molecular weight is 371 g/mol. The molecule has 0 rings (SSSR count). The highest BCUT2D eigenvalue weighted by Crippen LogP contribution is 2.35. The Labute approximate surface area is 158 Å². The molecule has 25 heavy (non-hydrogen) atoms. The Morgan fingerprint density at radius 2 is 0.920 bits per heavy atom. The topological polar surface area (TPSA) is 9.23 Å². The van der Waals surface area contributed by atoms with E-state index in [0.29, 0.717) is 13.2 Å². The average Bonchev–Trinajstić information content (AvgIpc) is 2.42. The molecule has 0 aliphatic heterocycles. The molecule has 0 atom stereocenters. The molecule has 0 amide bonds. The first-order chi connectivity index (χ1) is 11.2. The summed E-state index contributed by atoms with van der Waals surface area (Å²) in [6.45, 7) is 23.3. The normalized spacial score (nSPS) is 11.6. The Kier molecular flexibility index (Phi) is 8.85. The smallest absolute Gasteiger partial charge is 0.139 e. The third-order valence-electron chi connectivity index (χ3n) is 5.15. The van der Waals surface area contributed by atoms with E-state index < -0.39 is 16.1 Å². The molecule has 0 N–H and O–H groups in total. The molecule has 0 bridgehead atoms. The van der Waals surface area contributed by atoms with Crippen molar-refractivity contribution < 1.29 is 4.74 Å². The van der Waals surface area contributed by atoms with Crippen LogP contribution < -0.4 is 0 Å². The van der Waals surface area contributed by atoms with Gasteiger partial charge in [-0.2, -0.15) is 0 Å². The Morgan fingerprint density at radius 3 is 1.20 bits per heavy atom. The maximum absolute atomic E-state index is 5.37. The van der Waals surface area contributed by atoms with E-state index in [1.165, 1.54) is 0 Å². The van der Waals surface area contributed by atoms with Crippen molar-refractivity contribution in [3.63, 3.8) is 0 Å². The molecular weight excluding hydrogens is 336 g/mol. The van der Waals surface area contributed by atoms with Gasteiger partial charge in [-0.25, -0.2) is 0 Å². The van der Waals surface area contributed by atoms with Gasteiger partial charge in [0.05, 0.1) is 0 Å². The highest BCUT2D eigenvalue weighted by Gasteiger charge is 2.34. The van der Waals surface area contributed by atoms with Gasteiger partial charge in [0, 0.05) is 0 Å². The van der Waals surface area contributed by atoms with Gasteiger partial charge in [-0.1, -0.05) is 79.6 Å². The highest BCUT2D eigenvalue weighted by molar-refractivity contribution is 6.88. The van der Waals surface area contributed by atoms with E-state index in [1.54, 1.807) is 0 Å². The molecule has 0 saturated heterocycles. The molecule has 0 aromatic rings. The zero-order valence-electron chi connectivity index (χ0n) is 17.8. The minimum atomic E-state index is -1.56. The van der Waals surface area contributed by atoms with E-state index >= 15 is 0 Å². The largest absolute Gasteiger partial charge is 0.356 e. The molecule has 136 valence electrons. The van der Waals surface area contributed by atoms with Crippen molar-refractivity contribution in [1.29, 1.82) is 0 Å². The van der Waals surface area contributed by atoms with Gasteiger partial charge in [0.15, 0.2) is 0 Å². The lowest BCUT2D eigenvalue weighted by molar-refractivity contribution is 0.204. The van der Waals surface area contributed by atoms with Crippen LogP contribution in [-0.4, -0.2) is 29.4 Å². The summed E-state index contributed by atoms with van der Waals surface area (Å²) < 4.78 is 5.37. The minimum absolute atomic E-state index is 0.263. The Morgan fingerprint density at radius 1 is 0.600 bits per heavy atom. The van der Waals surface area contributed by atoms with Crippen molar-refractivity contribution in [2.24, 2.45) is 0 Å². The lowest BCUT2D eigenvalue weighted by atomic mass is 10.2. The number of hydrogen-bond donors (Lipinski definition) is 0. The van der Waals surface area contributed by atoms with E-state index in [-0.39, 0.29) is 10.1 Å². The van der Waals surface area contributed by atoms with Gasteiger partial charge < -0.3 is 4.74 Å². The van der Waals surface area contributed by atoms with Gasteiger partial charge in [-0.05, 0) is 33.8 Å². The second-order valence-electron chi connectivity index (χ2n) is 9.35. The molecule has 3 heteroatoms. The Hall–Kier alpha value is -1.37. The van der Waals surface area contributed by atoms with Crippen LogP contribution in [0.4, 0.5) is 0 Å². The first kappa shape index (κ1) is 23.6. The summed E-state index contributed by atoms with van der Waals surface area (Å²) in [5.74, 6) is 17.6. The monoisotopic (exact) mass is 370 g/mol. The SMILES string of the molecule is CC(C)(C)[Si](C)(C)C#CC#CCOCC#CC#C[Si](C)(C)C(C)(C)C. The maximum atomic E-state index is 5.37. The quantitative estimate of drug-likeness (QED) is 0.373. The van der Waals surface area contributed by atoms with Crippen molar-refractivity contribution >= 4 is 16.1 Å². The molecule has 0 aromatic heterocycles. The first-order valence-corrected chi connectivity index (χ1v) is 14.8. The van der Waals surface area contributed by atoms with Crippen LogP contribution in [0.25, 0.3) is 0 Å².